The maximum atomic E-state index is 5.75. The summed E-state index contributed by atoms with van der Waals surface area (Å²) in [6.45, 7) is 12.9. The van der Waals surface area contributed by atoms with Crippen molar-refractivity contribution in [1.82, 2.24) is 5.32 Å². The Kier molecular flexibility index (Phi) is 7.76. The molecule has 0 bridgehead atoms. The van der Waals surface area contributed by atoms with Crippen LogP contribution in [0.1, 0.15) is 53.0 Å². The predicted octanol–water partition coefficient (Wildman–Crippen LogP) is 4.16. The zero-order valence-electron chi connectivity index (χ0n) is 14.2. The second-order valence-electron chi connectivity index (χ2n) is 6.57. The van der Waals surface area contributed by atoms with Crippen molar-refractivity contribution in [2.45, 2.75) is 65.6 Å². The highest BCUT2D eigenvalue weighted by Gasteiger charge is 2.08. The van der Waals surface area contributed by atoms with Gasteiger partial charge in [0.1, 0.15) is 12.4 Å². The van der Waals surface area contributed by atoms with E-state index in [1.54, 1.807) is 0 Å². The normalized spacial score (nSPS) is 13.2. The Bertz CT molecular complexity index is 398. The SMILES string of the molecule is CCCC(C)OCCOc1cccc(CNC(C)(C)C)c1. The third-order valence-electron chi connectivity index (χ3n) is 3.17. The number of nitrogens with one attached hydrogen (secondary N) is 1. The molecule has 0 amide bonds. The minimum atomic E-state index is 0.125. The van der Waals surface area contributed by atoms with Gasteiger partial charge in [0.25, 0.3) is 0 Å². The minimum Gasteiger partial charge on any atom is -0.491 e. The molecule has 0 fully saturated rings. The molecule has 120 valence electrons. The van der Waals surface area contributed by atoms with Crippen LogP contribution in [0.15, 0.2) is 24.3 Å². The number of benzene rings is 1. The Labute approximate surface area is 130 Å². The number of ether oxygens (including phenoxy) is 2. The summed E-state index contributed by atoms with van der Waals surface area (Å²) in [5, 5.41) is 3.48. The maximum absolute atomic E-state index is 5.75. The van der Waals surface area contributed by atoms with E-state index in [0.29, 0.717) is 19.3 Å². The van der Waals surface area contributed by atoms with Gasteiger partial charge >= 0.3 is 0 Å². The molecule has 3 nitrogen and oxygen atoms in total. The van der Waals surface area contributed by atoms with Crippen molar-refractivity contribution in [3.05, 3.63) is 29.8 Å². The van der Waals surface area contributed by atoms with Crippen LogP contribution in [0.3, 0.4) is 0 Å². The summed E-state index contributed by atoms with van der Waals surface area (Å²) in [5.41, 5.74) is 1.36. The van der Waals surface area contributed by atoms with Gasteiger partial charge in [0.2, 0.25) is 0 Å². The summed E-state index contributed by atoms with van der Waals surface area (Å²) in [6.07, 6.45) is 2.58. The largest absolute Gasteiger partial charge is 0.491 e. The van der Waals surface area contributed by atoms with Crippen LogP contribution in [-0.2, 0) is 11.3 Å². The van der Waals surface area contributed by atoms with Gasteiger partial charge < -0.3 is 14.8 Å². The van der Waals surface area contributed by atoms with Crippen molar-refractivity contribution >= 4 is 0 Å². The van der Waals surface area contributed by atoms with Crippen molar-refractivity contribution in [2.24, 2.45) is 0 Å². The summed E-state index contributed by atoms with van der Waals surface area (Å²) in [6, 6.07) is 8.24. The van der Waals surface area contributed by atoms with Crippen LogP contribution in [0.4, 0.5) is 0 Å². The van der Waals surface area contributed by atoms with Gasteiger partial charge in [-0.2, -0.15) is 0 Å². The first-order chi connectivity index (χ1) is 9.90. The number of hydrogen-bond acceptors (Lipinski definition) is 3. The van der Waals surface area contributed by atoms with Gasteiger partial charge in [-0.05, 0) is 51.8 Å². The van der Waals surface area contributed by atoms with E-state index in [2.05, 4.69) is 52.1 Å². The van der Waals surface area contributed by atoms with Crippen molar-refractivity contribution in [1.29, 1.82) is 0 Å². The summed E-state index contributed by atoms with van der Waals surface area (Å²) in [7, 11) is 0. The number of hydrogen-bond donors (Lipinski definition) is 1. The molecule has 0 radical (unpaired) electrons. The number of rotatable bonds is 9. The van der Waals surface area contributed by atoms with Crippen LogP contribution < -0.4 is 10.1 Å². The zero-order valence-corrected chi connectivity index (χ0v) is 14.2. The fourth-order valence-electron chi connectivity index (χ4n) is 2.01. The smallest absolute Gasteiger partial charge is 0.119 e. The monoisotopic (exact) mass is 293 g/mol. The molecule has 1 rings (SSSR count). The molecule has 0 heterocycles. The first kappa shape index (κ1) is 18.0. The molecule has 0 spiro atoms. The molecule has 0 aliphatic carbocycles. The summed E-state index contributed by atoms with van der Waals surface area (Å²) in [4.78, 5) is 0. The lowest BCUT2D eigenvalue weighted by Crippen LogP contribution is -2.35. The van der Waals surface area contributed by atoms with Gasteiger partial charge in [-0.15, -0.1) is 0 Å². The van der Waals surface area contributed by atoms with Crippen molar-refractivity contribution < 1.29 is 9.47 Å². The zero-order chi connectivity index (χ0) is 15.7. The molecule has 0 saturated heterocycles. The first-order valence-electron chi connectivity index (χ1n) is 7.99. The van der Waals surface area contributed by atoms with Gasteiger partial charge in [0.15, 0.2) is 0 Å². The predicted molar refractivity (Wildman–Crippen MR) is 88.9 cm³/mol. The van der Waals surface area contributed by atoms with Crippen LogP contribution >= 0.6 is 0 Å². The van der Waals surface area contributed by atoms with E-state index in [1.165, 1.54) is 5.56 Å². The Morgan fingerprint density at radius 3 is 2.62 bits per heavy atom. The fourth-order valence-corrected chi connectivity index (χ4v) is 2.01. The summed E-state index contributed by atoms with van der Waals surface area (Å²) in [5.74, 6) is 0.912. The molecule has 0 aliphatic heterocycles. The van der Waals surface area contributed by atoms with E-state index in [-0.39, 0.29) is 5.54 Å². The Balaban J connectivity index is 2.32. The summed E-state index contributed by atoms with van der Waals surface area (Å²) >= 11 is 0. The van der Waals surface area contributed by atoms with E-state index in [9.17, 15) is 0 Å². The van der Waals surface area contributed by atoms with Gasteiger partial charge in [-0.1, -0.05) is 25.5 Å². The van der Waals surface area contributed by atoms with Gasteiger partial charge in [0, 0.05) is 12.1 Å². The Morgan fingerprint density at radius 1 is 1.19 bits per heavy atom. The molecule has 1 atom stereocenters. The average molecular weight is 293 g/mol. The molecular formula is C18H31NO2. The van der Waals surface area contributed by atoms with Crippen molar-refractivity contribution in [3.63, 3.8) is 0 Å². The Morgan fingerprint density at radius 2 is 1.95 bits per heavy atom. The fraction of sp³-hybridized carbons (Fsp3) is 0.667. The third-order valence-corrected chi connectivity index (χ3v) is 3.17. The second kappa shape index (κ2) is 9.06. The average Bonchev–Trinajstić information content (AvgIpc) is 2.41. The summed E-state index contributed by atoms with van der Waals surface area (Å²) < 4.78 is 11.4. The highest BCUT2D eigenvalue weighted by Crippen LogP contribution is 2.14. The molecule has 1 aromatic carbocycles. The molecule has 0 aromatic heterocycles. The van der Waals surface area contributed by atoms with Crippen molar-refractivity contribution in [3.8, 4) is 5.75 Å². The minimum absolute atomic E-state index is 0.125. The van der Waals surface area contributed by atoms with Gasteiger partial charge in [-0.25, -0.2) is 0 Å². The van der Waals surface area contributed by atoms with E-state index in [4.69, 9.17) is 9.47 Å². The lowest BCUT2D eigenvalue weighted by molar-refractivity contribution is 0.0395. The molecule has 1 unspecified atom stereocenters. The molecule has 1 aromatic rings. The van der Waals surface area contributed by atoms with Crippen LogP contribution in [-0.4, -0.2) is 24.9 Å². The lowest BCUT2D eigenvalue weighted by atomic mass is 10.1. The van der Waals surface area contributed by atoms with E-state index in [0.717, 1.165) is 25.1 Å². The maximum Gasteiger partial charge on any atom is 0.119 e. The molecule has 3 heteroatoms. The molecule has 0 saturated carbocycles. The third kappa shape index (κ3) is 8.74. The van der Waals surface area contributed by atoms with E-state index < -0.39 is 0 Å². The highest BCUT2D eigenvalue weighted by atomic mass is 16.5. The molecule has 0 aliphatic rings. The first-order valence-corrected chi connectivity index (χ1v) is 7.99. The van der Waals surface area contributed by atoms with Crippen molar-refractivity contribution in [2.75, 3.05) is 13.2 Å². The van der Waals surface area contributed by atoms with Crippen LogP contribution in [0.5, 0.6) is 5.75 Å². The standard InChI is InChI=1S/C18H31NO2/c1-6-8-15(2)20-11-12-21-17-10-7-9-16(13-17)14-19-18(3,4)5/h7,9-10,13,15,19H,6,8,11-12,14H2,1-5H3. The van der Waals surface area contributed by atoms with Crippen LogP contribution in [0, 0.1) is 0 Å². The van der Waals surface area contributed by atoms with Gasteiger partial charge in [0.05, 0.1) is 12.7 Å². The van der Waals surface area contributed by atoms with E-state index >= 15 is 0 Å². The Hall–Kier alpha value is -1.06. The van der Waals surface area contributed by atoms with Gasteiger partial charge in [-0.3, -0.25) is 0 Å². The lowest BCUT2D eigenvalue weighted by Gasteiger charge is -2.20. The second-order valence-corrected chi connectivity index (χ2v) is 6.57. The molecular weight excluding hydrogens is 262 g/mol. The van der Waals surface area contributed by atoms with Crippen LogP contribution in [0.2, 0.25) is 0 Å². The molecule has 21 heavy (non-hydrogen) atoms. The van der Waals surface area contributed by atoms with Crippen LogP contribution in [0.25, 0.3) is 0 Å². The quantitative estimate of drug-likeness (QED) is 0.694. The molecule has 1 N–H and O–H groups in total. The highest BCUT2D eigenvalue weighted by molar-refractivity contribution is 5.28. The topological polar surface area (TPSA) is 30.5 Å². The van der Waals surface area contributed by atoms with E-state index in [1.807, 2.05) is 12.1 Å².